The Labute approximate surface area is 144 Å². The lowest BCUT2D eigenvalue weighted by molar-refractivity contribution is 0.193. The highest BCUT2D eigenvalue weighted by atomic mass is 16.5. The molecule has 0 bridgehead atoms. The van der Waals surface area contributed by atoms with Crippen LogP contribution >= 0.6 is 0 Å². The van der Waals surface area contributed by atoms with Crippen molar-refractivity contribution in [2.45, 2.75) is 31.3 Å². The number of hydrogen-bond donors (Lipinski definition) is 1. The zero-order valence-corrected chi connectivity index (χ0v) is 14.4. The van der Waals surface area contributed by atoms with Crippen molar-refractivity contribution in [2.75, 3.05) is 26.7 Å². The molecule has 126 valence electrons. The minimum absolute atomic E-state index is 0.453. The second-order valence-corrected chi connectivity index (χ2v) is 6.99. The molecule has 2 aliphatic rings. The Bertz CT molecular complexity index is 678. The van der Waals surface area contributed by atoms with Crippen LogP contribution in [0.3, 0.4) is 0 Å². The largest absolute Gasteiger partial charge is 0.497 e. The van der Waals surface area contributed by atoms with Crippen LogP contribution in [0.15, 0.2) is 48.5 Å². The van der Waals surface area contributed by atoms with Gasteiger partial charge in [0.1, 0.15) is 5.75 Å². The summed E-state index contributed by atoms with van der Waals surface area (Å²) in [6.45, 7) is 4.25. The molecule has 1 unspecified atom stereocenters. The summed E-state index contributed by atoms with van der Waals surface area (Å²) >= 11 is 0. The fourth-order valence-corrected chi connectivity index (χ4v) is 3.75. The number of nitrogens with zero attached hydrogens (tertiary/aromatic N) is 1. The molecule has 0 amide bonds. The van der Waals surface area contributed by atoms with E-state index in [-0.39, 0.29) is 0 Å². The van der Waals surface area contributed by atoms with Crippen molar-refractivity contribution in [3.63, 3.8) is 0 Å². The van der Waals surface area contributed by atoms with E-state index in [2.05, 4.69) is 58.7 Å². The highest BCUT2D eigenvalue weighted by Crippen LogP contribution is 2.43. The average Bonchev–Trinajstić information content (AvgIpc) is 3.48. The van der Waals surface area contributed by atoms with Gasteiger partial charge in [-0.05, 0) is 47.6 Å². The van der Waals surface area contributed by atoms with Crippen LogP contribution in [0.4, 0.5) is 0 Å². The molecule has 1 aliphatic carbocycles. The van der Waals surface area contributed by atoms with Crippen LogP contribution in [0.25, 0.3) is 0 Å². The van der Waals surface area contributed by atoms with Crippen molar-refractivity contribution in [2.24, 2.45) is 0 Å². The lowest BCUT2D eigenvalue weighted by atomic mass is 9.95. The van der Waals surface area contributed by atoms with Gasteiger partial charge < -0.3 is 10.1 Å². The standard InChI is InChI=1S/C21H26N2O/c1-24-18-10-6-16(7-11-18)14-23-13-12-22-21(15-23)20-5-3-2-4-19(20)17-8-9-17/h2-7,10-11,17,21-22H,8-9,12-15H2,1H3. The third-order valence-electron chi connectivity index (χ3n) is 5.21. The van der Waals surface area contributed by atoms with Gasteiger partial charge in [0.25, 0.3) is 0 Å². The van der Waals surface area contributed by atoms with E-state index in [0.717, 1.165) is 37.8 Å². The Morgan fingerprint density at radius 2 is 1.79 bits per heavy atom. The van der Waals surface area contributed by atoms with Gasteiger partial charge in [-0.1, -0.05) is 36.4 Å². The van der Waals surface area contributed by atoms with Crippen LogP contribution in [0.5, 0.6) is 5.75 Å². The van der Waals surface area contributed by atoms with E-state index in [4.69, 9.17) is 4.74 Å². The topological polar surface area (TPSA) is 24.5 Å². The van der Waals surface area contributed by atoms with Crippen LogP contribution in [0, 0.1) is 0 Å². The van der Waals surface area contributed by atoms with Gasteiger partial charge in [0.2, 0.25) is 0 Å². The molecule has 1 atom stereocenters. The molecule has 1 N–H and O–H groups in total. The molecule has 3 nitrogen and oxygen atoms in total. The van der Waals surface area contributed by atoms with Gasteiger partial charge in [-0.2, -0.15) is 0 Å². The maximum Gasteiger partial charge on any atom is 0.118 e. The number of benzene rings is 2. The summed E-state index contributed by atoms with van der Waals surface area (Å²) < 4.78 is 5.25. The lowest BCUT2D eigenvalue weighted by Crippen LogP contribution is -2.45. The highest BCUT2D eigenvalue weighted by Gasteiger charge is 2.29. The molecule has 1 saturated carbocycles. The summed E-state index contributed by atoms with van der Waals surface area (Å²) in [5.41, 5.74) is 4.44. The van der Waals surface area contributed by atoms with Crippen LogP contribution in [0.1, 0.15) is 41.5 Å². The third-order valence-corrected chi connectivity index (χ3v) is 5.21. The van der Waals surface area contributed by atoms with Gasteiger partial charge in [0, 0.05) is 32.2 Å². The zero-order chi connectivity index (χ0) is 16.4. The molecule has 0 radical (unpaired) electrons. The minimum atomic E-state index is 0.453. The summed E-state index contributed by atoms with van der Waals surface area (Å²) in [4.78, 5) is 2.56. The molecule has 2 fully saturated rings. The first-order chi connectivity index (χ1) is 11.8. The SMILES string of the molecule is COc1ccc(CN2CCNC(c3ccccc3C3CC3)C2)cc1. The maximum atomic E-state index is 5.25. The first-order valence-electron chi connectivity index (χ1n) is 9.01. The lowest BCUT2D eigenvalue weighted by Gasteiger charge is -2.35. The van der Waals surface area contributed by atoms with Crippen molar-refractivity contribution in [1.29, 1.82) is 0 Å². The predicted molar refractivity (Wildman–Crippen MR) is 97.4 cm³/mol. The van der Waals surface area contributed by atoms with E-state index < -0.39 is 0 Å². The van der Waals surface area contributed by atoms with Gasteiger partial charge in [-0.3, -0.25) is 4.90 Å². The van der Waals surface area contributed by atoms with Crippen LogP contribution in [-0.4, -0.2) is 31.6 Å². The van der Waals surface area contributed by atoms with Gasteiger partial charge in [-0.25, -0.2) is 0 Å². The number of hydrogen-bond acceptors (Lipinski definition) is 3. The highest BCUT2D eigenvalue weighted by molar-refractivity contribution is 5.36. The number of ether oxygens (including phenoxy) is 1. The third kappa shape index (κ3) is 3.47. The van der Waals surface area contributed by atoms with Crippen LogP contribution in [0.2, 0.25) is 0 Å². The van der Waals surface area contributed by atoms with Gasteiger partial charge >= 0.3 is 0 Å². The second kappa shape index (κ2) is 6.96. The normalized spacial score (nSPS) is 21.6. The van der Waals surface area contributed by atoms with Crippen molar-refractivity contribution in [3.05, 3.63) is 65.2 Å². The quantitative estimate of drug-likeness (QED) is 0.908. The Morgan fingerprint density at radius 3 is 2.50 bits per heavy atom. The van der Waals surface area contributed by atoms with E-state index in [1.54, 1.807) is 12.7 Å². The molecule has 0 spiro atoms. The Morgan fingerprint density at radius 1 is 1.04 bits per heavy atom. The minimum Gasteiger partial charge on any atom is -0.497 e. The second-order valence-electron chi connectivity index (χ2n) is 6.99. The monoisotopic (exact) mass is 322 g/mol. The first-order valence-corrected chi connectivity index (χ1v) is 9.01. The van der Waals surface area contributed by atoms with E-state index in [1.807, 2.05) is 0 Å². The molecule has 1 aliphatic heterocycles. The van der Waals surface area contributed by atoms with E-state index in [0.29, 0.717) is 6.04 Å². The number of piperazine rings is 1. The van der Waals surface area contributed by atoms with Crippen molar-refractivity contribution >= 4 is 0 Å². The summed E-state index contributed by atoms with van der Waals surface area (Å²) in [6.07, 6.45) is 2.72. The molecule has 24 heavy (non-hydrogen) atoms. The zero-order valence-electron chi connectivity index (χ0n) is 14.4. The molecule has 3 heteroatoms. The van der Waals surface area contributed by atoms with Gasteiger partial charge in [0.15, 0.2) is 0 Å². The Hall–Kier alpha value is -1.84. The smallest absolute Gasteiger partial charge is 0.118 e. The van der Waals surface area contributed by atoms with Gasteiger partial charge in [0.05, 0.1) is 7.11 Å². The summed E-state index contributed by atoms with van der Waals surface area (Å²) in [6, 6.07) is 17.9. The molecular weight excluding hydrogens is 296 g/mol. The molecule has 2 aromatic rings. The molecule has 4 rings (SSSR count). The van der Waals surface area contributed by atoms with Gasteiger partial charge in [-0.15, -0.1) is 0 Å². The maximum absolute atomic E-state index is 5.25. The van der Waals surface area contributed by atoms with Crippen molar-refractivity contribution in [1.82, 2.24) is 10.2 Å². The summed E-state index contributed by atoms with van der Waals surface area (Å²) in [7, 11) is 1.72. The summed E-state index contributed by atoms with van der Waals surface area (Å²) in [5.74, 6) is 1.73. The summed E-state index contributed by atoms with van der Waals surface area (Å²) in [5, 5.41) is 3.73. The van der Waals surface area contributed by atoms with E-state index in [1.165, 1.54) is 24.0 Å². The number of rotatable bonds is 5. The molecule has 1 heterocycles. The van der Waals surface area contributed by atoms with E-state index in [9.17, 15) is 0 Å². The average molecular weight is 322 g/mol. The fourth-order valence-electron chi connectivity index (χ4n) is 3.75. The Balaban J connectivity index is 1.45. The first kappa shape index (κ1) is 15.7. The number of nitrogens with one attached hydrogen (secondary N) is 1. The predicted octanol–water partition coefficient (Wildman–Crippen LogP) is 3.72. The molecule has 0 aromatic heterocycles. The van der Waals surface area contributed by atoms with E-state index >= 15 is 0 Å². The van der Waals surface area contributed by atoms with Crippen molar-refractivity contribution < 1.29 is 4.74 Å². The molecular formula is C21H26N2O. The van der Waals surface area contributed by atoms with Crippen LogP contribution in [-0.2, 0) is 6.54 Å². The Kier molecular flexibility index (Phi) is 4.54. The van der Waals surface area contributed by atoms with Crippen LogP contribution < -0.4 is 10.1 Å². The van der Waals surface area contributed by atoms with Crippen molar-refractivity contribution in [3.8, 4) is 5.75 Å². The number of methoxy groups -OCH3 is 1. The molecule has 1 saturated heterocycles. The fraction of sp³-hybridized carbons (Fsp3) is 0.429. The molecule has 2 aromatic carbocycles.